The van der Waals surface area contributed by atoms with Crippen LogP contribution >= 0.6 is 0 Å². The molecule has 2 atom stereocenters. The summed E-state index contributed by atoms with van der Waals surface area (Å²) in [7, 11) is 0. The summed E-state index contributed by atoms with van der Waals surface area (Å²) in [6, 6.07) is 71.9. The first kappa shape index (κ1) is 34.6. The first-order valence-corrected chi connectivity index (χ1v) is 20.3. The number of anilines is 2. The van der Waals surface area contributed by atoms with Crippen LogP contribution in [0.4, 0.5) is 11.4 Å². The van der Waals surface area contributed by atoms with Gasteiger partial charge in [0.25, 0.3) is 0 Å². The molecule has 0 saturated carbocycles. The van der Waals surface area contributed by atoms with Crippen molar-refractivity contribution >= 4 is 22.1 Å². The number of aromatic nitrogens is 2. The quantitative estimate of drug-likeness (QED) is 0.162. The average Bonchev–Trinajstić information content (AvgIpc) is 3.66. The van der Waals surface area contributed by atoms with Crippen LogP contribution in [-0.4, -0.2) is 16.0 Å². The third kappa shape index (κ3) is 6.34. The average molecular weight is 754 g/mol. The van der Waals surface area contributed by atoms with E-state index in [1.165, 1.54) is 55.7 Å². The molecular weight excluding hydrogens is 715 g/mol. The SMILES string of the molecule is C1=CC2c3ccccc3N(c3cccc(-c4ccc(-c5ccc(-c6ccc(-c7cc(-c8ccccc8)nc(-c8ccccc8)n7)c7ccccc67)cc5)cc4)c3)C2C=C1. The number of para-hydroxylation sites is 1. The minimum atomic E-state index is 0.286. The molecule has 0 fully saturated rings. The van der Waals surface area contributed by atoms with E-state index in [1.807, 2.05) is 24.3 Å². The van der Waals surface area contributed by atoms with Gasteiger partial charge in [-0.15, -0.1) is 0 Å². The van der Waals surface area contributed by atoms with Gasteiger partial charge in [-0.3, -0.25) is 0 Å². The van der Waals surface area contributed by atoms with Gasteiger partial charge in [-0.25, -0.2) is 9.97 Å². The van der Waals surface area contributed by atoms with Crippen molar-refractivity contribution in [3.8, 4) is 67.3 Å². The van der Waals surface area contributed by atoms with Crippen LogP contribution in [0.2, 0.25) is 0 Å². The third-order valence-electron chi connectivity index (χ3n) is 11.9. The van der Waals surface area contributed by atoms with Crippen LogP contribution in [0.25, 0.3) is 78.1 Å². The lowest BCUT2D eigenvalue weighted by atomic mass is 9.91. The summed E-state index contributed by atoms with van der Waals surface area (Å²) in [6.07, 6.45) is 9.02. The van der Waals surface area contributed by atoms with Gasteiger partial charge in [-0.05, 0) is 74.0 Å². The maximum atomic E-state index is 5.15. The van der Waals surface area contributed by atoms with Crippen molar-refractivity contribution in [2.24, 2.45) is 0 Å². The molecule has 1 aliphatic heterocycles. The maximum absolute atomic E-state index is 5.15. The van der Waals surface area contributed by atoms with Gasteiger partial charge in [-0.1, -0.05) is 200 Å². The Balaban J connectivity index is 0.888. The Morgan fingerprint density at radius 3 is 1.68 bits per heavy atom. The lowest BCUT2D eigenvalue weighted by molar-refractivity contribution is 0.745. The molecule has 8 aromatic carbocycles. The van der Waals surface area contributed by atoms with Gasteiger partial charge in [0.2, 0.25) is 0 Å². The van der Waals surface area contributed by atoms with E-state index in [0.29, 0.717) is 11.7 Å². The molecule has 2 aliphatic rings. The molecule has 9 aromatic rings. The first-order chi connectivity index (χ1) is 29.2. The summed E-state index contributed by atoms with van der Waals surface area (Å²) in [4.78, 5) is 12.7. The van der Waals surface area contributed by atoms with Gasteiger partial charge in [0.1, 0.15) is 0 Å². The predicted molar refractivity (Wildman–Crippen MR) is 246 cm³/mol. The normalized spacial score (nSPS) is 15.3. The van der Waals surface area contributed by atoms with E-state index in [4.69, 9.17) is 9.97 Å². The minimum absolute atomic E-state index is 0.286. The standard InChI is InChI=1S/C56H39N3/c1-3-14-42(15-4-1)52-37-53(58-56(57-52)43-16-5-2-6-17-43)49-35-34-46(47-20-7-8-21-48(47)49)41-32-30-39(31-33-41)38-26-28-40(29-27-38)44-18-13-19-45(36-44)59-54-24-11-9-22-50(54)51-23-10-12-25-55(51)59/h1-37,50,54H. The van der Waals surface area contributed by atoms with Crippen molar-refractivity contribution in [1.82, 2.24) is 9.97 Å². The highest BCUT2D eigenvalue weighted by molar-refractivity contribution is 6.05. The molecule has 0 saturated heterocycles. The zero-order valence-electron chi connectivity index (χ0n) is 32.4. The summed E-state index contributed by atoms with van der Waals surface area (Å²) in [5.74, 6) is 1.09. The second kappa shape index (κ2) is 14.7. The topological polar surface area (TPSA) is 29.0 Å². The van der Waals surface area contributed by atoms with E-state index in [0.717, 1.165) is 33.5 Å². The van der Waals surface area contributed by atoms with Crippen molar-refractivity contribution in [3.05, 3.63) is 230 Å². The fourth-order valence-electron chi connectivity index (χ4n) is 8.96. The second-order valence-electron chi connectivity index (χ2n) is 15.3. The van der Waals surface area contributed by atoms with Gasteiger partial charge in [0.05, 0.1) is 17.4 Å². The van der Waals surface area contributed by atoms with E-state index in [1.54, 1.807) is 0 Å². The summed E-state index contributed by atoms with van der Waals surface area (Å²) in [5, 5.41) is 2.35. The van der Waals surface area contributed by atoms with E-state index in [-0.39, 0.29) is 6.04 Å². The predicted octanol–water partition coefficient (Wildman–Crippen LogP) is 14.4. The van der Waals surface area contributed by atoms with Crippen LogP contribution in [0.5, 0.6) is 0 Å². The fourth-order valence-corrected chi connectivity index (χ4v) is 8.96. The van der Waals surface area contributed by atoms with Crippen LogP contribution in [0.3, 0.4) is 0 Å². The minimum Gasteiger partial charge on any atom is -0.333 e. The third-order valence-corrected chi connectivity index (χ3v) is 11.9. The monoisotopic (exact) mass is 753 g/mol. The van der Waals surface area contributed by atoms with Crippen molar-refractivity contribution < 1.29 is 0 Å². The highest BCUT2D eigenvalue weighted by Crippen LogP contribution is 2.48. The number of rotatable bonds is 7. The first-order valence-electron chi connectivity index (χ1n) is 20.3. The Kier molecular flexibility index (Phi) is 8.63. The number of allylic oxidation sites excluding steroid dienone is 2. The summed E-state index contributed by atoms with van der Waals surface area (Å²) in [6.45, 7) is 0. The van der Waals surface area contributed by atoms with Gasteiger partial charge in [0.15, 0.2) is 5.82 Å². The highest BCUT2D eigenvalue weighted by atomic mass is 15.2. The van der Waals surface area contributed by atoms with Crippen molar-refractivity contribution in [2.45, 2.75) is 12.0 Å². The molecule has 2 heterocycles. The Bertz CT molecular complexity index is 2980. The van der Waals surface area contributed by atoms with E-state index >= 15 is 0 Å². The van der Waals surface area contributed by atoms with Crippen molar-refractivity contribution in [2.75, 3.05) is 4.90 Å². The molecule has 278 valence electrons. The molecule has 0 amide bonds. The molecule has 1 aliphatic carbocycles. The molecule has 0 bridgehead atoms. The Morgan fingerprint density at radius 1 is 0.373 bits per heavy atom. The summed E-state index contributed by atoms with van der Waals surface area (Å²) < 4.78 is 0. The summed E-state index contributed by atoms with van der Waals surface area (Å²) in [5.41, 5.74) is 16.0. The molecule has 0 N–H and O–H groups in total. The van der Waals surface area contributed by atoms with Crippen LogP contribution in [0, 0.1) is 0 Å². The number of fused-ring (bicyclic) bond motifs is 4. The van der Waals surface area contributed by atoms with Crippen LogP contribution in [0.1, 0.15) is 11.5 Å². The number of nitrogens with zero attached hydrogens (tertiary/aromatic N) is 3. The molecule has 11 rings (SSSR count). The Morgan fingerprint density at radius 2 is 0.932 bits per heavy atom. The van der Waals surface area contributed by atoms with Gasteiger partial charge < -0.3 is 4.90 Å². The Labute approximate surface area is 345 Å². The number of hydrogen-bond donors (Lipinski definition) is 0. The van der Waals surface area contributed by atoms with Crippen LogP contribution in [0.15, 0.2) is 224 Å². The molecular formula is C56H39N3. The van der Waals surface area contributed by atoms with Crippen LogP contribution in [-0.2, 0) is 0 Å². The lowest BCUT2D eigenvalue weighted by Crippen LogP contribution is -2.28. The summed E-state index contributed by atoms with van der Waals surface area (Å²) >= 11 is 0. The maximum Gasteiger partial charge on any atom is 0.160 e. The van der Waals surface area contributed by atoms with E-state index in [9.17, 15) is 0 Å². The molecule has 3 nitrogen and oxygen atoms in total. The molecule has 0 radical (unpaired) electrons. The van der Waals surface area contributed by atoms with Gasteiger partial charge in [-0.2, -0.15) is 0 Å². The fraction of sp³-hybridized carbons (Fsp3) is 0.0357. The molecule has 2 unspecified atom stereocenters. The second-order valence-corrected chi connectivity index (χ2v) is 15.3. The van der Waals surface area contributed by atoms with Gasteiger partial charge in [0, 0.05) is 34.0 Å². The van der Waals surface area contributed by atoms with Crippen molar-refractivity contribution in [3.63, 3.8) is 0 Å². The van der Waals surface area contributed by atoms with E-state index in [2.05, 4.69) is 205 Å². The molecule has 59 heavy (non-hydrogen) atoms. The molecule has 0 spiro atoms. The lowest BCUT2D eigenvalue weighted by Gasteiger charge is -2.29. The molecule has 1 aromatic heterocycles. The highest BCUT2D eigenvalue weighted by Gasteiger charge is 2.37. The zero-order chi connectivity index (χ0) is 39.1. The molecule has 3 heteroatoms. The van der Waals surface area contributed by atoms with Gasteiger partial charge >= 0.3 is 0 Å². The smallest absolute Gasteiger partial charge is 0.160 e. The number of hydrogen-bond acceptors (Lipinski definition) is 3. The zero-order valence-corrected chi connectivity index (χ0v) is 32.4. The van der Waals surface area contributed by atoms with Crippen molar-refractivity contribution in [1.29, 1.82) is 0 Å². The largest absolute Gasteiger partial charge is 0.333 e. The number of benzene rings is 8. The Hall–Kier alpha value is -7.62. The van der Waals surface area contributed by atoms with E-state index < -0.39 is 0 Å². The van der Waals surface area contributed by atoms with Crippen LogP contribution < -0.4 is 4.90 Å².